The van der Waals surface area contributed by atoms with E-state index in [1.54, 1.807) is 43.3 Å². The lowest BCUT2D eigenvalue weighted by Crippen LogP contribution is -2.37. The summed E-state index contributed by atoms with van der Waals surface area (Å²) < 4.78 is 34.0. The fourth-order valence-corrected chi connectivity index (χ4v) is 5.94. The highest BCUT2D eigenvalue weighted by Crippen LogP contribution is 2.37. The van der Waals surface area contributed by atoms with Crippen molar-refractivity contribution in [1.29, 1.82) is 0 Å². The first-order valence-corrected chi connectivity index (χ1v) is 15.5. The number of nitrogens with zero attached hydrogens (tertiary/aromatic N) is 1. The van der Waals surface area contributed by atoms with Crippen molar-refractivity contribution >= 4 is 56.8 Å². The van der Waals surface area contributed by atoms with Crippen LogP contribution in [0.15, 0.2) is 54.6 Å². The highest BCUT2D eigenvalue weighted by molar-refractivity contribution is 7.90. The Balaban J connectivity index is 0.000000256. The van der Waals surface area contributed by atoms with Crippen LogP contribution in [0.25, 0.3) is 0 Å². The molecule has 1 unspecified atom stereocenters. The van der Waals surface area contributed by atoms with Crippen molar-refractivity contribution in [2.75, 3.05) is 29.8 Å². The number of amides is 4. The number of benzene rings is 3. The van der Waals surface area contributed by atoms with Gasteiger partial charge in [-0.05, 0) is 48.4 Å². The Bertz CT molecular complexity index is 1880. The minimum absolute atomic E-state index is 0.0569. The van der Waals surface area contributed by atoms with E-state index in [1.807, 2.05) is 0 Å². The lowest BCUT2D eigenvalue weighted by Gasteiger charge is -2.26. The fourth-order valence-electron chi connectivity index (χ4n) is 5.02. The van der Waals surface area contributed by atoms with Gasteiger partial charge in [0.2, 0.25) is 11.8 Å². The number of nitrogens with one attached hydrogen (secondary N) is 2. The molecule has 3 aromatic carbocycles. The van der Waals surface area contributed by atoms with Gasteiger partial charge in [-0.2, -0.15) is 0 Å². The summed E-state index contributed by atoms with van der Waals surface area (Å²) >= 11 is 0. The van der Waals surface area contributed by atoms with E-state index in [0.29, 0.717) is 17.0 Å². The SMILES string of the molecule is CC(=O)Nc1cccc2c1C(=O)OC2=O.COc1ccc(C(CS(C)(=O)=O)N2C(=O)c3cccc(NC(C)=O)c3C2=O)cc1C. The number of fused-ring (bicyclic) bond motifs is 2. The van der Waals surface area contributed by atoms with E-state index in [0.717, 1.165) is 16.7 Å². The summed E-state index contributed by atoms with van der Waals surface area (Å²) in [7, 11) is -2.03. The Hall–Kier alpha value is -5.37. The van der Waals surface area contributed by atoms with Gasteiger partial charge in [0, 0.05) is 20.1 Å². The summed E-state index contributed by atoms with van der Waals surface area (Å²) in [5.74, 6) is -3.18. The summed E-state index contributed by atoms with van der Waals surface area (Å²) in [5.41, 5.74) is 2.24. The maximum absolute atomic E-state index is 13.3. The lowest BCUT2D eigenvalue weighted by atomic mass is 10.0. The smallest absolute Gasteiger partial charge is 0.349 e. The average Bonchev–Trinajstić information content (AvgIpc) is 3.38. The van der Waals surface area contributed by atoms with Gasteiger partial charge in [0.15, 0.2) is 0 Å². The second kappa shape index (κ2) is 12.7. The topological polar surface area (TPSA) is 182 Å². The molecule has 0 saturated carbocycles. The van der Waals surface area contributed by atoms with Crippen LogP contribution in [0.1, 0.15) is 72.4 Å². The maximum Gasteiger partial charge on any atom is 0.349 e. The van der Waals surface area contributed by atoms with Crippen LogP contribution in [0.5, 0.6) is 5.75 Å². The molecule has 45 heavy (non-hydrogen) atoms. The number of cyclic esters (lactones) is 2. The zero-order valence-electron chi connectivity index (χ0n) is 24.9. The lowest BCUT2D eigenvalue weighted by molar-refractivity contribution is -0.115. The molecule has 4 amide bonds. The number of carbonyl (C=O) groups excluding carboxylic acids is 6. The Labute approximate surface area is 258 Å². The molecule has 3 aromatic rings. The third-order valence-electron chi connectivity index (χ3n) is 6.82. The van der Waals surface area contributed by atoms with E-state index in [1.165, 1.54) is 39.2 Å². The van der Waals surface area contributed by atoms with Crippen molar-refractivity contribution in [3.05, 3.63) is 88.0 Å². The summed E-state index contributed by atoms with van der Waals surface area (Å²) in [6.07, 6.45) is 1.05. The highest BCUT2D eigenvalue weighted by Gasteiger charge is 2.43. The molecule has 0 fully saturated rings. The van der Waals surface area contributed by atoms with Crippen LogP contribution >= 0.6 is 0 Å². The molecule has 1 atom stereocenters. The van der Waals surface area contributed by atoms with Gasteiger partial charge in [-0.3, -0.25) is 24.1 Å². The number of rotatable bonds is 7. The summed E-state index contributed by atoms with van der Waals surface area (Å²) in [5, 5.41) is 5.02. The third kappa shape index (κ3) is 6.91. The maximum atomic E-state index is 13.3. The van der Waals surface area contributed by atoms with Gasteiger partial charge in [0.05, 0.1) is 52.5 Å². The van der Waals surface area contributed by atoms with Crippen molar-refractivity contribution in [1.82, 2.24) is 4.90 Å². The molecule has 0 radical (unpaired) electrons. The zero-order valence-corrected chi connectivity index (χ0v) is 25.7. The molecule has 2 heterocycles. The van der Waals surface area contributed by atoms with Crippen LogP contribution in [0, 0.1) is 6.92 Å². The quantitative estimate of drug-likeness (QED) is 0.222. The number of hydrogen-bond donors (Lipinski definition) is 2. The molecular formula is C31H29N3O10S. The van der Waals surface area contributed by atoms with Crippen LogP contribution in [0.4, 0.5) is 11.4 Å². The first-order valence-electron chi connectivity index (χ1n) is 13.4. The number of sulfone groups is 1. The Kier molecular flexibility index (Phi) is 9.18. The molecule has 2 N–H and O–H groups in total. The number of carbonyl (C=O) groups is 6. The molecule has 0 spiro atoms. The van der Waals surface area contributed by atoms with E-state index in [-0.39, 0.29) is 39.8 Å². The molecular weight excluding hydrogens is 606 g/mol. The van der Waals surface area contributed by atoms with Gasteiger partial charge in [0.25, 0.3) is 11.8 Å². The Morgan fingerprint density at radius 3 is 1.96 bits per heavy atom. The van der Waals surface area contributed by atoms with E-state index in [2.05, 4.69) is 15.4 Å². The second-order valence-electron chi connectivity index (χ2n) is 10.3. The van der Waals surface area contributed by atoms with Crippen LogP contribution in [-0.4, -0.2) is 68.0 Å². The number of ether oxygens (including phenoxy) is 2. The van der Waals surface area contributed by atoms with Crippen LogP contribution in [0.2, 0.25) is 0 Å². The molecule has 0 aromatic heterocycles. The number of methoxy groups -OCH3 is 1. The average molecular weight is 636 g/mol. The van der Waals surface area contributed by atoms with E-state index < -0.39 is 45.4 Å². The molecule has 0 aliphatic carbocycles. The molecule has 2 aliphatic heterocycles. The second-order valence-corrected chi connectivity index (χ2v) is 12.5. The van der Waals surface area contributed by atoms with Crippen molar-refractivity contribution in [2.45, 2.75) is 26.8 Å². The van der Waals surface area contributed by atoms with Crippen molar-refractivity contribution in [3.8, 4) is 5.75 Å². The number of esters is 2. The monoisotopic (exact) mass is 635 g/mol. The van der Waals surface area contributed by atoms with E-state index in [4.69, 9.17) is 4.74 Å². The summed E-state index contributed by atoms with van der Waals surface area (Å²) in [6, 6.07) is 13.1. The minimum Gasteiger partial charge on any atom is -0.496 e. The molecule has 14 heteroatoms. The van der Waals surface area contributed by atoms with Crippen molar-refractivity contribution in [3.63, 3.8) is 0 Å². The van der Waals surface area contributed by atoms with E-state index in [9.17, 15) is 37.2 Å². The van der Waals surface area contributed by atoms with Gasteiger partial charge in [-0.1, -0.05) is 24.3 Å². The Morgan fingerprint density at radius 1 is 0.844 bits per heavy atom. The fraction of sp³-hybridized carbons (Fsp3) is 0.226. The number of anilines is 2. The van der Waals surface area contributed by atoms with E-state index >= 15 is 0 Å². The standard InChI is InChI=1S/C21H22N2O6S.C10H7NO4/c1-12-10-14(8-9-18(12)29-3)17(11-30(4,27)28)23-20(25)15-6-5-7-16(22-13(2)24)19(15)21(23)26;1-5(12)11-7-4-2-3-6-8(7)10(14)15-9(6)13/h5-10,17H,11H2,1-4H3,(H,22,24);2-4H,1H3,(H,11,12). The van der Waals surface area contributed by atoms with Crippen LogP contribution in [0.3, 0.4) is 0 Å². The third-order valence-corrected chi connectivity index (χ3v) is 7.74. The number of hydrogen-bond acceptors (Lipinski definition) is 10. The summed E-state index contributed by atoms with van der Waals surface area (Å²) in [4.78, 5) is 72.1. The molecule has 5 rings (SSSR count). The number of aryl methyl sites for hydroxylation is 1. The predicted octanol–water partition coefficient (Wildman–Crippen LogP) is 3.30. The van der Waals surface area contributed by atoms with Gasteiger partial charge in [-0.25, -0.2) is 18.0 Å². The molecule has 13 nitrogen and oxygen atoms in total. The number of imide groups is 1. The highest BCUT2D eigenvalue weighted by atomic mass is 32.2. The molecule has 0 bridgehead atoms. The normalized spacial score (nSPS) is 14.1. The minimum atomic E-state index is -3.55. The van der Waals surface area contributed by atoms with Gasteiger partial charge in [-0.15, -0.1) is 0 Å². The predicted molar refractivity (Wildman–Crippen MR) is 162 cm³/mol. The molecule has 0 saturated heterocycles. The van der Waals surface area contributed by atoms with Gasteiger partial charge < -0.3 is 20.1 Å². The van der Waals surface area contributed by atoms with Crippen LogP contribution < -0.4 is 15.4 Å². The zero-order chi connectivity index (χ0) is 33.2. The van der Waals surface area contributed by atoms with Crippen molar-refractivity contribution < 1.29 is 46.7 Å². The van der Waals surface area contributed by atoms with Gasteiger partial charge >= 0.3 is 11.9 Å². The summed E-state index contributed by atoms with van der Waals surface area (Å²) in [6.45, 7) is 4.41. The first-order chi connectivity index (χ1) is 21.1. The molecule has 234 valence electrons. The first kappa shape index (κ1) is 32.5. The van der Waals surface area contributed by atoms with Crippen molar-refractivity contribution in [2.24, 2.45) is 0 Å². The largest absolute Gasteiger partial charge is 0.496 e. The Morgan fingerprint density at radius 2 is 1.42 bits per heavy atom. The van der Waals surface area contributed by atoms with Gasteiger partial charge in [0.1, 0.15) is 15.6 Å². The molecule has 2 aliphatic rings. The van der Waals surface area contributed by atoms with Crippen LogP contribution in [-0.2, 0) is 24.2 Å².